The molecule has 0 aliphatic carbocycles. The monoisotopic (exact) mass is 312 g/mol. The third-order valence-electron chi connectivity index (χ3n) is 4.13. The Labute approximate surface area is 135 Å². The molecule has 2 aromatic rings. The molecule has 3 rings (SSSR count). The van der Waals surface area contributed by atoms with Crippen LogP contribution in [0.5, 0.6) is 11.5 Å². The van der Waals surface area contributed by atoms with Crippen LogP contribution in [0.4, 0.5) is 5.69 Å². The Bertz CT molecular complexity index is 680. The number of para-hydroxylation sites is 1. The summed E-state index contributed by atoms with van der Waals surface area (Å²) in [6.07, 6.45) is 0. The summed E-state index contributed by atoms with van der Waals surface area (Å²) < 4.78 is 5.21. The van der Waals surface area contributed by atoms with Crippen molar-refractivity contribution in [3.63, 3.8) is 0 Å². The van der Waals surface area contributed by atoms with Gasteiger partial charge in [-0.3, -0.25) is 4.79 Å². The summed E-state index contributed by atoms with van der Waals surface area (Å²) in [4.78, 5) is 16.7. The summed E-state index contributed by atoms with van der Waals surface area (Å²) in [5, 5.41) is 10.0. The lowest BCUT2D eigenvalue weighted by Gasteiger charge is -2.36. The highest BCUT2D eigenvalue weighted by atomic mass is 16.5. The van der Waals surface area contributed by atoms with Gasteiger partial charge in [0.25, 0.3) is 5.91 Å². The van der Waals surface area contributed by atoms with Gasteiger partial charge in [0.15, 0.2) is 0 Å². The van der Waals surface area contributed by atoms with E-state index >= 15 is 0 Å². The summed E-state index contributed by atoms with van der Waals surface area (Å²) in [5.41, 5.74) is 1.41. The number of anilines is 1. The first-order chi connectivity index (χ1) is 11.2. The Balaban J connectivity index is 1.72. The van der Waals surface area contributed by atoms with Crippen molar-refractivity contribution < 1.29 is 14.6 Å². The molecule has 1 N–H and O–H groups in total. The van der Waals surface area contributed by atoms with E-state index in [9.17, 15) is 9.90 Å². The van der Waals surface area contributed by atoms with Gasteiger partial charge in [0, 0.05) is 31.9 Å². The molecule has 0 radical (unpaired) electrons. The number of ether oxygens (including phenoxy) is 1. The summed E-state index contributed by atoms with van der Waals surface area (Å²) in [5.74, 6) is 0.174. The maximum Gasteiger partial charge on any atom is 0.261 e. The Morgan fingerprint density at radius 2 is 1.70 bits per heavy atom. The predicted molar refractivity (Wildman–Crippen MR) is 89.2 cm³/mol. The number of carbonyl (C=O) groups is 1. The van der Waals surface area contributed by atoms with Crippen molar-refractivity contribution in [2.45, 2.75) is 0 Å². The Morgan fingerprint density at radius 3 is 2.35 bits per heavy atom. The predicted octanol–water partition coefficient (Wildman–Crippen LogP) is 2.36. The standard InChI is InChI=1S/C18H20N2O3/c1-23-16-9-5-8-15(21)17(16)18(22)20-12-10-19(11-13-20)14-6-3-2-4-7-14/h2-9,21H,10-13H2,1H3. The molecule has 1 aliphatic heterocycles. The molecular formula is C18H20N2O3. The number of rotatable bonds is 3. The second-order valence-corrected chi connectivity index (χ2v) is 5.47. The van der Waals surface area contributed by atoms with Crippen molar-refractivity contribution in [1.82, 2.24) is 4.90 Å². The molecule has 0 aromatic heterocycles. The van der Waals surface area contributed by atoms with Crippen molar-refractivity contribution in [3.05, 3.63) is 54.1 Å². The van der Waals surface area contributed by atoms with Crippen LogP contribution in [0.2, 0.25) is 0 Å². The maximum atomic E-state index is 12.7. The quantitative estimate of drug-likeness (QED) is 0.945. The SMILES string of the molecule is COc1cccc(O)c1C(=O)N1CCN(c2ccccc2)CC1. The first-order valence-electron chi connectivity index (χ1n) is 7.66. The molecule has 1 saturated heterocycles. The highest BCUT2D eigenvalue weighted by Crippen LogP contribution is 2.29. The van der Waals surface area contributed by atoms with Gasteiger partial charge in [-0.2, -0.15) is 0 Å². The molecule has 0 unspecified atom stereocenters. The van der Waals surface area contributed by atoms with Crippen LogP contribution in [-0.4, -0.2) is 49.2 Å². The second kappa shape index (κ2) is 6.60. The first-order valence-corrected chi connectivity index (χ1v) is 7.66. The summed E-state index contributed by atoms with van der Waals surface area (Å²) in [6.45, 7) is 2.77. The number of methoxy groups -OCH3 is 1. The fourth-order valence-corrected chi connectivity index (χ4v) is 2.87. The van der Waals surface area contributed by atoms with Gasteiger partial charge < -0.3 is 19.6 Å². The Morgan fingerprint density at radius 1 is 1.00 bits per heavy atom. The molecule has 0 bridgehead atoms. The van der Waals surface area contributed by atoms with Gasteiger partial charge in [-0.15, -0.1) is 0 Å². The molecule has 1 heterocycles. The zero-order chi connectivity index (χ0) is 16.2. The van der Waals surface area contributed by atoms with Gasteiger partial charge in [-0.25, -0.2) is 0 Å². The summed E-state index contributed by atoms with van der Waals surface area (Å²) in [7, 11) is 1.50. The second-order valence-electron chi connectivity index (χ2n) is 5.47. The number of aromatic hydroxyl groups is 1. The van der Waals surface area contributed by atoms with E-state index in [-0.39, 0.29) is 17.2 Å². The fourth-order valence-electron chi connectivity index (χ4n) is 2.87. The van der Waals surface area contributed by atoms with Gasteiger partial charge in [0.05, 0.1) is 7.11 Å². The third kappa shape index (κ3) is 3.08. The van der Waals surface area contributed by atoms with E-state index in [1.165, 1.54) is 18.9 Å². The topological polar surface area (TPSA) is 53.0 Å². The van der Waals surface area contributed by atoms with E-state index in [1.54, 1.807) is 17.0 Å². The van der Waals surface area contributed by atoms with Crippen molar-refractivity contribution in [2.75, 3.05) is 38.2 Å². The van der Waals surface area contributed by atoms with Crippen LogP contribution in [-0.2, 0) is 0 Å². The lowest BCUT2D eigenvalue weighted by molar-refractivity contribution is 0.0740. The minimum absolute atomic E-state index is 0.0418. The molecule has 1 aliphatic rings. The lowest BCUT2D eigenvalue weighted by atomic mass is 10.1. The smallest absolute Gasteiger partial charge is 0.261 e. The lowest BCUT2D eigenvalue weighted by Crippen LogP contribution is -2.48. The number of phenolic OH excluding ortho intramolecular Hbond substituents is 1. The van der Waals surface area contributed by atoms with E-state index in [4.69, 9.17) is 4.74 Å². The molecule has 5 nitrogen and oxygen atoms in total. The molecule has 0 spiro atoms. The van der Waals surface area contributed by atoms with E-state index in [0.29, 0.717) is 18.8 Å². The molecule has 0 atom stereocenters. The van der Waals surface area contributed by atoms with Crippen LogP contribution >= 0.6 is 0 Å². The molecule has 120 valence electrons. The van der Waals surface area contributed by atoms with Crippen LogP contribution in [0, 0.1) is 0 Å². The molecule has 0 saturated carbocycles. The highest BCUT2D eigenvalue weighted by Gasteiger charge is 2.26. The summed E-state index contributed by atoms with van der Waals surface area (Å²) >= 11 is 0. The minimum Gasteiger partial charge on any atom is -0.507 e. The number of phenols is 1. The van der Waals surface area contributed by atoms with Crippen LogP contribution in [0.1, 0.15) is 10.4 Å². The fraction of sp³-hybridized carbons (Fsp3) is 0.278. The van der Waals surface area contributed by atoms with E-state index in [0.717, 1.165) is 13.1 Å². The van der Waals surface area contributed by atoms with E-state index in [1.807, 2.05) is 18.2 Å². The van der Waals surface area contributed by atoms with E-state index < -0.39 is 0 Å². The van der Waals surface area contributed by atoms with Gasteiger partial charge in [-0.05, 0) is 24.3 Å². The van der Waals surface area contributed by atoms with Crippen molar-refractivity contribution in [3.8, 4) is 11.5 Å². The number of hydrogen-bond acceptors (Lipinski definition) is 4. The van der Waals surface area contributed by atoms with Crippen molar-refractivity contribution in [1.29, 1.82) is 0 Å². The highest BCUT2D eigenvalue weighted by molar-refractivity contribution is 5.99. The molecule has 1 fully saturated rings. The molecule has 23 heavy (non-hydrogen) atoms. The number of nitrogens with zero attached hydrogens (tertiary/aromatic N) is 2. The van der Waals surface area contributed by atoms with E-state index in [2.05, 4.69) is 17.0 Å². The number of carbonyl (C=O) groups excluding carboxylic acids is 1. The number of amides is 1. The molecular weight excluding hydrogens is 292 g/mol. The minimum atomic E-state index is -0.187. The Hall–Kier alpha value is -2.69. The molecule has 5 heteroatoms. The maximum absolute atomic E-state index is 12.7. The Kier molecular flexibility index (Phi) is 4.37. The molecule has 1 amide bonds. The van der Waals surface area contributed by atoms with Crippen molar-refractivity contribution in [2.24, 2.45) is 0 Å². The van der Waals surface area contributed by atoms with Gasteiger partial charge >= 0.3 is 0 Å². The molecule has 2 aromatic carbocycles. The first kappa shape index (κ1) is 15.2. The number of benzene rings is 2. The zero-order valence-corrected chi connectivity index (χ0v) is 13.1. The van der Waals surface area contributed by atoms with Crippen LogP contribution in [0.25, 0.3) is 0 Å². The van der Waals surface area contributed by atoms with Crippen molar-refractivity contribution >= 4 is 11.6 Å². The van der Waals surface area contributed by atoms with Gasteiger partial charge in [-0.1, -0.05) is 24.3 Å². The van der Waals surface area contributed by atoms with Gasteiger partial charge in [0.2, 0.25) is 0 Å². The average molecular weight is 312 g/mol. The summed E-state index contributed by atoms with van der Waals surface area (Å²) in [6, 6.07) is 15.0. The van der Waals surface area contributed by atoms with Crippen LogP contribution < -0.4 is 9.64 Å². The third-order valence-corrected chi connectivity index (χ3v) is 4.13. The van der Waals surface area contributed by atoms with Crippen LogP contribution in [0.15, 0.2) is 48.5 Å². The number of piperazine rings is 1. The van der Waals surface area contributed by atoms with Gasteiger partial charge in [0.1, 0.15) is 17.1 Å². The average Bonchev–Trinajstić information content (AvgIpc) is 2.62. The zero-order valence-electron chi connectivity index (χ0n) is 13.1. The van der Waals surface area contributed by atoms with Crippen LogP contribution in [0.3, 0.4) is 0 Å². The number of hydrogen-bond donors (Lipinski definition) is 1. The largest absolute Gasteiger partial charge is 0.507 e. The normalized spacial score (nSPS) is 14.7.